The standard InChI is InChI=1S/C17H23N3O2/c1-3-4-5-10-19-13-15(11-18)17(21)20-12-14-6-8-16(22-2)9-7-14/h6-9,13,19H,3-5,10,12H2,1-2H3,(H,20,21)/b15-13-. The van der Waals surface area contributed by atoms with Gasteiger partial charge < -0.3 is 15.4 Å². The van der Waals surface area contributed by atoms with E-state index in [2.05, 4.69) is 17.6 Å². The highest BCUT2D eigenvalue weighted by molar-refractivity contribution is 5.97. The Balaban J connectivity index is 2.43. The minimum Gasteiger partial charge on any atom is -0.497 e. The first-order valence-corrected chi connectivity index (χ1v) is 7.46. The smallest absolute Gasteiger partial charge is 0.263 e. The Bertz CT molecular complexity index is 530. The molecule has 0 atom stereocenters. The van der Waals surface area contributed by atoms with Crippen molar-refractivity contribution in [2.24, 2.45) is 0 Å². The Hall–Kier alpha value is -2.48. The third-order valence-corrected chi connectivity index (χ3v) is 3.15. The molecule has 22 heavy (non-hydrogen) atoms. The molecule has 0 unspecified atom stereocenters. The fourth-order valence-corrected chi connectivity index (χ4v) is 1.82. The third-order valence-electron chi connectivity index (χ3n) is 3.15. The van der Waals surface area contributed by atoms with Crippen molar-refractivity contribution in [1.82, 2.24) is 10.6 Å². The Labute approximate surface area is 132 Å². The van der Waals surface area contributed by atoms with Crippen LogP contribution < -0.4 is 15.4 Å². The summed E-state index contributed by atoms with van der Waals surface area (Å²) in [5, 5.41) is 14.8. The second-order valence-corrected chi connectivity index (χ2v) is 4.86. The molecule has 5 heteroatoms. The number of carbonyl (C=O) groups is 1. The lowest BCUT2D eigenvalue weighted by Gasteiger charge is -2.06. The number of methoxy groups -OCH3 is 1. The van der Waals surface area contributed by atoms with Crippen LogP contribution in [0.25, 0.3) is 0 Å². The fourth-order valence-electron chi connectivity index (χ4n) is 1.82. The number of nitriles is 1. The van der Waals surface area contributed by atoms with Crippen molar-refractivity contribution in [3.05, 3.63) is 41.6 Å². The van der Waals surface area contributed by atoms with Gasteiger partial charge >= 0.3 is 0 Å². The van der Waals surface area contributed by atoms with Crippen LogP contribution in [0.5, 0.6) is 5.75 Å². The van der Waals surface area contributed by atoms with Gasteiger partial charge in [0.15, 0.2) is 0 Å². The van der Waals surface area contributed by atoms with E-state index in [1.807, 2.05) is 30.3 Å². The molecular formula is C17H23N3O2. The van der Waals surface area contributed by atoms with Gasteiger partial charge in [0.05, 0.1) is 7.11 Å². The lowest BCUT2D eigenvalue weighted by Crippen LogP contribution is -2.25. The summed E-state index contributed by atoms with van der Waals surface area (Å²) in [6.07, 6.45) is 4.78. The number of hydrogen-bond donors (Lipinski definition) is 2. The van der Waals surface area contributed by atoms with E-state index in [1.165, 1.54) is 6.20 Å². The van der Waals surface area contributed by atoms with E-state index in [0.717, 1.165) is 37.1 Å². The fraction of sp³-hybridized carbons (Fsp3) is 0.412. The predicted molar refractivity (Wildman–Crippen MR) is 86.1 cm³/mol. The van der Waals surface area contributed by atoms with Gasteiger partial charge in [-0.2, -0.15) is 5.26 Å². The summed E-state index contributed by atoms with van der Waals surface area (Å²) in [5.74, 6) is 0.394. The molecule has 0 bridgehead atoms. The maximum absolute atomic E-state index is 11.9. The highest BCUT2D eigenvalue weighted by Crippen LogP contribution is 2.11. The number of nitrogens with zero attached hydrogens (tertiary/aromatic N) is 1. The third kappa shape index (κ3) is 6.31. The summed E-state index contributed by atoms with van der Waals surface area (Å²) in [4.78, 5) is 11.9. The molecule has 0 fully saturated rings. The molecule has 0 aliphatic heterocycles. The second kappa shape index (κ2) is 10.3. The molecule has 5 nitrogen and oxygen atoms in total. The number of rotatable bonds is 9. The van der Waals surface area contributed by atoms with Crippen LogP contribution in [0, 0.1) is 11.3 Å². The second-order valence-electron chi connectivity index (χ2n) is 4.86. The van der Waals surface area contributed by atoms with Crippen molar-refractivity contribution >= 4 is 5.91 Å². The zero-order valence-electron chi connectivity index (χ0n) is 13.2. The number of benzene rings is 1. The molecule has 2 N–H and O–H groups in total. The summed E-state index contributed by atoms with van der Waals surface area (Å²) in [5.41, 5.74) is 1.03. The Morgan fingerprint density at radius 3 is 2.64 bits per heavy atom. The minimum absolute atomic E-state index is 0.0880. The van der Waals surface area contributed by atoms with Crippen LogP contribution in [-0.2, 0) is 11.3 Å². The van der Waals surface area contributed by atoms with Crippen LogP contribution in [0.2, 0.25) is 0 Å². The van der Waals surface area contributed by atoms with Crippen LogP contribution in [-0.4, -0.2) is 19.6 Å². The maximum Gasteiger partial charge on any atom is 0.263 e. The van der Waals surface area contributed by atoms with Gasteiger partial charge in [0.1, 0.15) is 17.4 Å². The Morgan fingerprint density at radius 2 is 2.05 bits per heavy atom. The topological polar surface area (TPSA) is 74.2 Å². The normalized spacial score (nSPS) is 10.7. The van der Waals surface area contributed by atoms with Crippen molar-refractivity contribution in [2.75, 3.05) is 13.7 Å². The molecule has 0 aromatic heterocycles. The van der Waals surface area contributed by atoms with Crippen molar-refractivity contribution < 1.29 is 9.53 Å². The van der Waals surface area contributed by atoms with E-state index >= 15 is 0 Å². The first-order chi connectivity index (χ1) is 10.7. The Morgan fingerprint density at radius 1 is 1.32 bits per heavy atom. The first-order valence-electron chi connectivity index (χ1n) is 7.46. The molecule has 0 saturated heterocycles. The van der Waals surface area contributed by atoms with Gasteiger partial charge in [0, 0.05) is 19.3 Å². The molecule has 0 saturated carbocycles. The summed E-state index contributed by atoms with van der Waals surface area (Å²) in [6.45, 7) is 3.27. The molecule has 0 aliphatic rings. The van der Waals surface area contributed by atoms with Gasteiger partial charge in [-0.15, -0.1) is 0 Å². The highest BCUT2D eigenvalue weighted by Gasteiger charge is 2.08. The number of amides is 1. The number of hydrogen-bond acceptors (Lipinski definition) is 4. The van der Waals surface area contributed by atoms with Crippen molar-refractivity contribution in [3.63, 3.8) is 0 Å². The average molecular weight is 301 g/mol. The molecule has 1 rings (SSSR count). The molecule has 0 radical (unpaired) electrons. The van der Waals surface area contributed by atoms with Crippen LogP contribution in [0.15, 0.2) is 36.0 Å². The number of ether oxygens (including phenoxy) is 1. The average Bonchev–Trinajstić information content (AvgIpc) is 2.56. The van der Waals surface area contributed by atoms with Crippen LogP contribution in [0.4, 0.5) is 0 Å². The predicted octanol–water partition coefficient (Wildman–Crippen LogP) is 2.50. The molecule has 118 valence electrons. The van der Waals surface area contributed by atoms with E-state index < -0.39 is 0 Å². The monoisotopic (exact) mass is 301 g/mol. The summed E-state index contributed by atoms with van der Waals surface area (Å²) in [7, 11) is 1.61. The van der Waals surface area contributed by atoms with Crippen LogP contribution >= 0.6 is 0 Å². The van der Waals surface area contributed by atoms with Gasteiger partial charge in [0.2, 0.25) is 0 Å². The number of nitrogens with one attached hydrogen (secondary N) is 2. The molecule has 1 amide bonds. The molecule has 1 aromatic carbocycles. The minimum atomic E-state index is -0.374. The van der Waals surface area contributed by atoms with Gasteiger partial charge in [-0.3, -0.25) is 4.79 Å². The molecular weight excluding hydrogens is 278 g/mol. The van der Waals surface area contributed by atoms with Crippen molar-refractivity contribution in [3.8, 4) is 11.8 Å². The SMILES string of the molecule is CCCCCN/C=C(/C#N)C(=O)NCc1ccc(OC)cc1. The zero-order chi connectivity index (χ0) is 16.2. The summed E-state index contributed by atoms with van der Waals surface area (Å²) in [6, 6.07) is 9.32. The van der Waals surface area contributed by atoms with Crippen molar-refractivity contribution in [1.29, 1.82) is 5.26 Å². The molecule has 1 aromatic rings. The maximum atomic E-state index is 11.9. The highest BCUT2D eigenvalue weighted by atomic mass is 16.5. The number of unbranched alkanes of at least 4 members (excludes halogenated alkanes) is 2. The van der Waals surface area contributed by atoms with Gasteiger partial charge in [-0.25, -0.2) is 0 Å². The lowest BCUT2D eigenvalue weighted by molar-refractivity contribution is -0.117. The van der Waals surface area contributed by atoms with E-state index in [4.69, 9.17) is 10.00 Å². The quantitative estimate of drug-likeness (QED) is 0.417. The molecule has 0 spiro atoms. The molecule has 0 aliphatic carbocycles. The van der Waals surface area contributed by atoms with E-state index in [-0.39, 0.29) is 11.5 Å². The van der Waals surface area contributed by atoms with Gasteiger partial charge in [0.25, 0.3) is 5.91 Å². The van der Waals surface area contributed by atoms with Gasteiger partial charge in [-0.1, -0.05) is 31.9 Å². The Kier molecular flexibility index (Phi) is 8.21. The largest absolute Gasteiger partial charge is 0.497 e. The molecule has 0 heterocycles. The van der Waals surface area contributed by atoms with Crippen LogP contribution in [0.3, 0.4) is 0 Å². The van der Waals surface area contributed by atoms with Crippen molar-refractivity contribution in [2.45, 2.75) is 32.7 Å². The van der Waals surface area contributed by atoms with E-state index in [1.54, 1.807) is 7.11 Å². The summed E-state index contributed by atoms with van der Waals surface area (Å²) < 4.78 is 5.07. The van der Waals surface area contributed by atoms with E-state index in [9.17, 15) is 4.79 Å². The first kappa shape index (κ1) is 17.6. The lowest BCUT2D eigenvalue weighted by atomic mass is 10.2. The van der Waals surface area contributed by atoms with E-state index in [0.29, 0.717) is 6.54 Å². The summed E-state index contributed by atoms with van der Waals surface area (Å²) >= 11 is 0. The number of carbonyl (C=O) groups excluding carboxylic acids is 1. The zero-order valence-corrected chi connectivity index (χ0v) is 13.2. The van der Waals surface area contributed by atoms with Gasteiger partial charge in [-0.05, 0) is 24.1 Å². The van der Waals surface area contributed by atoms with Crippen LogP contribution in [0.1, 0.15) is 31.7 Å².